The Labute approximate surface area is 141 Å². The molecule has 0 bridgehead atoms. The minimum atomic E-state index is 0.217. The van der Waals surface area contributed by atoms with Crippen molar-refractivity contribution < 1.29 is 4.74 Å². The van der Waals surface area contributed by atoms with Gasteiger partial charge in [-0.1, -0.05) is 25.4 Å². The van der Waals surface area contributed by atoms with Gasteiger partial charge in [0.25, 0.3) is 0 Å². The number of aromatic amines is 1. The Morgan fingerprint density at radius 3 is 2.96 bits per heavy atom. The number of nitrogens with zero attached hydrogens (tertiary/aromatic N) is 2. The second kappa shape index (κ2) is 6.89. The smallest absolute Gasteiger partial charge is 0.153 e. The summed E-state index contributed by atoms with van der Waals surface area (Å²) in [5.41, 5.74) is 2.39. The SMILES string of the molecule is COc1ccc(Cl)c2c1CCCC2NCc1nc(C(C)C)n[nH]1. The number of aromatic nitrogens is 3. The number of fused-ring (bicyclic) bond motifs is 1. The fraction of sp³-hybridized carbons (Fsp3) is 0.529. The number of ether oxygens (including phenoxy) is 1. The lowest BCUT2D eigenvalue weighted by Gasteiger charge is -2.28. The van der Waals surface area contributed by atoms with Crippen LogP contribution >= 0.6 is 11.6 Å². The molecule has 1 aliphatic rings. The second-order valence-corrected chi connectivity index (χ2v) is 6.67. The third kappa shape index (κ3) is 3.35. The van der Waals surface area contributed by atoms with Gasteiger partial charge >= 0.3 is 0 Å². The minimum Gasteiger partial charge on any atom is -0.496 e. The fourth-order valence-electron chi connectivity index (χ4n) is 3.14. The van der Waals surface area contributed by atoms with E-state index in [1.807, 2.05) is 12.1 Å². The first-order valence-corrected chi connectivity index (χ1v) is 8.47. The molecule has 3 rings (SSSR count). The van der Waals surface area contributed by atoms with Crippen LogP contribution in [0.15, 0.2) is 12.1 Å². The van der Waals surface area contributed by atoms with E-state index in [1.165, 1.54) is 11.1 Å². The molecule has 0 fully saturated rings. The zero-order valence-corrected chi connectivity index (χ0v) is 14.6. The van der Waals surface area contributed by atoms with Gasteiger partial charge in [0.05, 0.1) is 13.7 Å². The Morgan fingerprint density at radius 2 is 2.26 bits per heavy atom. The van der Waals surface area contributed by atoms with Crippen LogP contribution in [0.2, 0.25) is 5.02 Å². The van der Waals surface area contributed by atoms with Crippen molar-refractivity contribution in [3.8, 4) is 5.75 Å². The molecule has 2 aromatic rings. The Morgan fingerprint density at radius 1 is 1.43 bits per heavy atom. The minimum absolute atomic E-state index is 0.217. The molecule has 0 radical (unpaired) electrons. The third-order valence-corrected chi connectivity index (χ3v) is 4.66. The first-order valence-electron chi connectivity index (χ1n) is 8.10. The number of nitrogens with one attached hydrogen (secondary N) is 2. The Kier molecular flexibility index (Phi) is 4.87. The number of rotatable bonds is 5. The van der Waals surface area contributed by atoms with Crippen molar-refractivity contribution in [2.75, 3.05) is 7.11 Å². The summed E-state index contributed by atoms with van der Waals surface area (Å²) in [6.45, 7) is 4.82. The van der Waals surface area contributed by atoms with Gasteiger partial charge in [-0.3, -0.25) is 5.10 Å². The van der Waals surface area contributed by atoms with Crippen LogP contribution in [0.1, 0.15) is 61.4 Å². The summed E-state index contributed by atoms with van der Waals surface area (Å²) >= 11 is 6.46. The topological polar surface area (TPSA) is 62.8 Å². The maximum absolute atomic E-state index is 6.46. The summed E-state index contributed by atoms with van der Waals surface area (Å²) in [7, 11) is 1.71. The lowest BCUT2D eigenvalue weighted by molar-refractivity contribution is 0.395. The van der Waals surface area contributed by atoms with E-state index in [1.54, 1.807) is 7.11 Å². The molecule has 5 nitrogen and oxygen atoms in total. The van der Waals surface area contributed by atoms with Gasteiger partial charge in [-0.05, 0) is 37.0 Å². The number of hydrogen-bond acceptors (Lipinski definition) is 4. The molecule has 1 atom stereocenters. The number of H-pyrrole nitrogens is 1. The summed E-state index contributed by atoms with van der Waals surface area (Å²) in [6.07, 6.45) is 3.19. The van der Waals surface area contributed by atoms with Crippen LogP contribution < -0.4 is 10.1 Å². The van der Waals surface area contributed by atoms with Gasteiger partial charge in [-0.2, -0.15) is 5.10 Å². The maximum Gasteiger partial charge on any atom is 0.153 e. The molecule has 1 unspecified atom stereocenters. The molecule has 6 heteroatoms. The van der Waals surface area contributed by atoms with Crippen molar-refractivity contribution in [2.24, 2.45) is 0 Å². The van der Waals surface area contributed by atoms with Crippen LogP contribution in [0.4, 0.5) is 0 Å². The monoisotopic (exact) mass is 334 g/mol. The molecular formula is C17H23ClN4O. The largest absolute Gasteiger partial charge is 0.496 e. The van der Waals surface area contributed by atoms with E-state index < -0.39 is 0 Å². The highest BCUT2D eigenvalue weighted by atomic mass is 35.5. The first kappa shape index (κ1) is 16.3. The molecule has 2 N–H and O–H groups in total. The highest BCUT2D eigenvalue weighted by Crippen LogP contribution is 2.39. The van der Waals surface area contributed by atoms with Gasteiger partial charge in [0.1, 0.15) is 11.6 Å². The highest BCUT2D eigenvalue weighted by molar-refractivity contribution is 6.31. The van der Waals surface area contributed by atoms with Crippen LogP contribution in [-0.4, -0.2) is 22.3 Å². The molecular weight excluding hydrogens is 312 g/mol. The van der Waals surface area contributed by atoms with Crippen LogP contribution in [0.5, 0.6) is 5.75 Å². The predicted molar refractivity (Wildman–Crippen MR) is 91.0 cm³/mol. The highest BCUT2D eigenvalue weighted by Gasteiger charge is 2.25. The number of hydrogen-bond donors (Lipinski definition) is 2. The standard InChI is InChI=1S/C17H23ClN4O/c1-10(2)17-20-15(21-22-17)9-19-13-6-4-5-11-14(23-3)8-7-12(18)16(11)13/h7-8,10,13,19H,4-6,9H2,1-3H3,(H,20,21,22). The molecule has 124 valence electrons. The predicted octanol–water partition coefficient (Wildman–Crippen LogP) is 3.76. The second-order valence-electron chi connectivity index (χ2n) is 6.26. The summed E-state index contributed by atoms with van der Waals surface area (Å²) < 4.78 is 5.49. The fourth-order valence-corrected chi connectivity index (χ4v) is 3.45. The average molecular weight is 335 g/mol. The summed E-state index contributed by atoms with van der Waals surface area (Å²) in [4.78, 5) is 4.52. The molecule has 1 aromatic heterocycles. The van der Waals surface area contributed by atoms with Crippen molar-refractivity contribution >= 4 is 11.6 Å². The first-order chi connectivity index (χ1) is 11.1. The van der Waals surface area contributed by atoms with Crippen LogP contribution in [0, 0.1) is 0 Å². The molecule has 0 saturated heterocycles. The lowest BCUT2D eigenvalue weighted by atomic mass is 9.87. The lowest BCUT2D eigenvalue weighted by Crippen LogP contribution is -2.26. The van der Waals surface area contributed by atoms with E-state index in [2.05, 4.69) is 34.3 Å². The van der Waals surface area contributed by atoms with Gasteiger partial charge < -0.3 is 10.1 Å². The molecule has 1 aliphatic carbocycles. The van der Waals surface area contributed by atoms with Gasteiger partial charge in [0.2, 0.25) is 0 Å². The van der Waals surface area contributed by atoms with Crippen LogP contribution in [0.25, 0.3) is 0 Å². The van der Waals surface area contributed by atoms with Gasteiger partial charge in [-0.25, -0.2) is 4.98 Å². The van der Waals surface area contributed by atoms with Crippen LogP contribution in [-0.2, 0) is 13.0 Å². The van der Waals surface area contributed by atoms with Crippen molar-refractivity contribution in [1.82, 2.24) is 20.5 Å². The summed E-state index contributed by atoms with van der Waals surface area (Å²) in [6, 6.07) is 4.09. The average Bonchev–Trinajstić information content (AvgIpc) is 3.02. The van der Waals surface area contributed by atoms with E-state index in [9.17, 15) is 0 Å². The van der Waals surface area contributed by atoms with Crippen molar-refractivity contribution in [3.63, 3.8) is 0 Å². The zero-order valence-electron chi connectivity index (χ0n) is 13.8. The maximum atomic E-state index is 6.46. The van der Waals surface area contributed by atoms with Gasteiger partial charge in [0.15, 0.2) is 5.82 Å². The zero-order chi connectivity index (χ0) is 16.4. The molecule has 0 aliphatic heterocycles. The van der Waals surface area contributed by atoms with E-state index in [4.69, 9.17) is 16.3 Å². The van der Waals surface area contributed by atoms with Crippen LogP contribution in [0.3, 0.4) is 0 Å². The number of halogens is 1. The quantitative estimate of drug-likeness (QED) is 0.874. The van der Waals surface area contributed by atoms with Gasteiger partial charge in [-0.15, -0.1) is 0 Å². The van der Waals surface area contributed by atoms with Crippen molar-refractivity contribution in [3.05, 3.63) is 39.9 Å². The Bertz CT molecular complexity index is 683. The van der Waals surface area contributed by atoms with E-state index in [0.717, 1.165) is 41.7 Å². The normalized spacial score (nSPS) is 17.3. The van der Waals surface area contributed by atoms with E-state index >= 15 is 0 Å². The third-order valence-electron chi connectivity index (χ3n) is 4.33. The molecule has 0 spiro atoms. The molecule has 23 heavy (non-hydrogen) atoms. The van der Waals surface area contributed by atoms with Crippen molar-refractivity contribution in [1.29, 1.82) is 0 Å². The molecule has 0 amide bonds. The van der Waals surface area contributed by atoms with Crippen molar-refractivity contribution in [2.45, 2.75) is 51.6 Å². The number of benzene rings is 1. The van der Waals surface area contributed by atoms with E-state index in [0.29, 0.717) is 12.5 Å². The Balaban J connectivity index is 1.77. The summed E-state index contributed by atoms with van der Waals surface area (Å²) in [5, 5.41) is 11.6. The van der Waals surface area contributed by atoms with E-state index in [-0.39, 0.29) is 6.04 Å². The Hall–Kier alpha value is -1.59. The molecule has 0 saturated carbocycles. The van der Waals surface area contributed by atoms with Gasteiger partial charge in [0, 0.05) is 22.5 Å². The molecule has 1 aromatic carbocycles. The summed E-state index contributed by atoms with van der Waals surface area (Å²) in [5.74, 6) is 2.97. The molecule has 1 heterocycles. The number of methoxy groups -OCH3 is 1.